The Balaban J connectivity index is 1.32. The molecule has 2 aromatic carbocycles. The highest BCUT2D eigenvalue weighted by Gasteiger charge is 2.47. The number of ether oxygens (including phenoxy) is 2. The Morgan fingerprint density at radius 3 is 2.30 bits per heavy atom. The first-order chi connectivity index (χ1) is 19.4. The molecule has 3 saturated heterocycles. The summed E-state index contributed by atoms with van der Waals surface area (Å²) < 4.78 is 11.2. The summed E-state index contributed by atoms with van der Waals surface area (Å²) in [6.07, 6.45) is 2.19. The summed E-state index contributed by atoms with van der Waals surface area (Å²) in [4.78, 5) is 15.0. The summed E-state index contributed by atoms with van der Waals surface area (Å²) in [5.74, 6) is 8.78. The van der Waals surface area contributed by atoms with Crippen LogP contribution in [0.2, 0.25) is 0 Å². The molecule has 4 aliphatic rings. The van der Waals surface area contributed by atoms with E-state index in [1.54, 1.807) is 0 Å². The molecule has 0 aromatic heterocycles. The second kappa shape index (κ2) is 10.6. The number of nitrogens with zero attached hydrogens (tertiary/aromatic N) is 1. The van der Waals surface area contributed by atoms with Crippen molar-refractivity contribution < 1.29 is 34.7 Å². The molecule has 208 valence electrons. The van der Waals surface area contributed by atoms with Gasteiger partial charge in [-0.15, -0.1) is 6.42 Å². The van der Waals surface area contributed by atoms with Gasteiger partial charge in [0.2, 0.25) is 0 Å². The lowest BCUT2D eigenvalue weighted by molar-refractivity contribution is -0.214. The van der Waals surface area contributed by atoms with E-state index in [9.17, 15) is 25.2 Å². The van der Waals surface area contributed by atoms with E-state index in [1.807, 2.05) is 23.1 Å². The highest BCUT2D eigenvalue weighted by Crippen LogP contribution is 2.54. The number of piperidine rings is 1. The number of carbonyl (C=O) groups is 1. The quantitative estimate of drug-likeness (QED) is 0.416. The standard InChI is InChI=1S/C32H33NO7/c1-2-19-5-8-21-22-9-6-20(7-10-25-28(35)30(37)29(36)27(18-34)40-25)17-24(22)32(23(21)16-19)11-13-33(14-12-32)31(38)26-4-3-15-39-26/h1,5-6,8-9,16-17,25-30,34-37H,3-4,11-15,18H2. The number of benzene rings is 2. The van der Waals surface area contributed by atoms with Gasteiger partial charge in [0.25, 0.3) is 5.91 Å². The first-order valence-electron chi connectivity index (χ1n) is 13.8. The van der Waals surface area contributed by atoms with E-state index in [0.29, 0.717) is 25.3 Å². The number of carbonyl (C=O) groups excluding carboxylic acids is 1. The Labute approximate surface area is 233 Å². The van der Waals surface area contributed by atoms with Crippen molar-refractivity contribution in [2.45, 2.75) is 67.7 Å². The molecule has 0 bridgehead atoms. The zero-order valence-electron chi connectivity index (χ0n) is 22.1. The van der Waals surface area contributed by atoms with Crippen LogP contribution in [0.5, 0.6) is 0 Å². The van der Waals surface area contributed by atoms with Crippen molar-refractivity contribution in [2.24, 2.45) is 0 Å². The lowest BCUT2D eigenvalue weighted by Crippen LogP contribution is -2.58. The van der Waals surface area contributed by atoms with Crippen molar-refractivity contribution in [1.82, 2.24) is 4.90 Å². The SMILES string of the molecule is C#Cc1ccc2c(c1)C1(CCN(C(=O)C3CCCO3)CC1)c1cc(C#CC3OC(CO)C(O)C(O)C3O)ccc1-2. The smallest absolute Gasteiger partial charge is 0.251 e. The van der Waals surface area contributed by atoms with Crippen LogP contribution in [0.3, 0.4) is 0 Å². The summed E-state index contributed by atoms with van der Waals surface area (Å²) in [6.45, 7) is 1.35. The molecule has 3 aliphatic heterocycles. The summed E-state index contributed by atoms with van der Waals surface area (Å²) >= 11 is 0. The maximum atomic E-state index is 13.1. The van der Waals surface area contributed by atoms with Gasteiger partial charge in [-0.2, -0.15) is 0 Å². The molecule has 3 fully saturated rings. The van der Waals surface area contributed by atoms with Crippen LogP contribution in [-0.2, 0) is 19.7 Å². The summed E-state index contributed by atoms with van der Waals surface area (Å²) in [5.41, 5.74) is 5.72. The van der Waals surface area contributed by atoms with Crippen LogP contribution >= 0.6 is 0 Å². The maximum Gasteiger partial charge on any atom is 0.251 e. The predicted octanol–water partition coefficient (Wildman–Crippen LogP) is 0.930. The molecular formula is C32H33NO7. The van der Waals surface area contributed by atoms with Gasteiger partial charge >= 0.3 is 0 Å². The first kappa shape index (κ1) is 27.0. The molecule has 6 rings (SSSR count). The Kier molecular flexibility index (Phi) is 7.18. The third kappa shape index (κ3) is 4.42. The summed E-state index contributed by atoms with van der Waals surface area (Å²) in [5, 5.41) is 40.1. The number of aliphatic hydroxyl groups is 4. The van der Waals surface area contributed by atoms with Crippen molar-refractivity contribution in [3.63, 3.8) is 0 Å². The monoisotopic (exact) mass is 543 g/mol. The van der Waals surface area contributed by atoms with Gasteiger partial charge in [0.15, 0.2) is 0 Å². The lowest BCUT2D eigenvalue weighted by Gasteiger charge is -2.41. The zero-order valence-corrected chi connectivity index (χ0v) is 22.1. The minimum absolute atomic E-state index is 0.0716. The molecule has 1 amide bonds. The minimum Gasteiger partial charge on any atom is -0.394 e. The Morgan fingerprint density at radius 1 is 1.00 bits per heavy atom. The number of amides is 1. The average Bonchev–Trinajstić information content (AvgIpc) is 3.62. The van der Waals surface area contributed by atoms with Crippen LogP contribution in [0.15, 0.2) is 36.4 Å². The van der Waals surface area contributed by atoms with E-state index < -0.39 is 37.1 Å². The Hall–Kier alpha value is -3.21. The van der Waals surface area contributed by atoms with Gasteiger partial charge in [0, 0.05) is 36.2 Å². The van der Waals surface area contributed by atoms with E-state index in [-0.39, 0.29) is 17.4 Å². The molecule has 3 heterocycles. The van der Waals surface area contributed by atoms with Crippen LogP contribution in [0, 0.1) is 24.2 Å². The number of fused-ring (bicyclic) bond motifs is 5. The predicted molar refractivity (Wildman–Crippen MR) is 146 cm³/mol. The first-order valence-corrected chi connectivity index (χ1v) is 13.8. The highest BCUT2D eigenvalue weighted by molar-refractivity contribution is 5.84. The van der Waals surface area contributed by atoms with Gasteiger partial charge in [0.05, 0.1) is 6.61 Å². The van der Waals surface area contributed by atoms with E-state index in [4.69, 9.17) is 15.9 Å². The topological polar surface area (TPSA) is 120 Å². The fourth-order valence-corrected chi connectivity index (χ4v) is 6.66. The minimum atomic E-state index is -1.48. The molecule has 0 radical (unpaired) electrons. The van der Waals surface area contributed by atoms with Crippen LogP contribution in [0.1, 0.15) is 47.9 Å². The van der Waals surface area contributed by atoms with E-state index >= 15 is 0 Å². The van der Waals surface area contributed by atoms with Crippen LogP contribution < -0.4 is 0 Å². The molecule has 6 unspecified atom stereocenters. The normalized spacial score (nSPS) is 30.2. The molecule has 0 saturated carbocycles. The van der Waals surface area contributed by atoms with Gasteiger partial charge < -0.3 is 34.8 Å². The number of rotatable bonds is 2. The van der Waals surface area contributed by atoms with Crippen molar-refractivity contribution in [2.75, 3.05) is 26.3 Å². The van der Waals surface area contributed by atoms with Crippen molar-refractivity contribution >= 4 is 5.91 Å². The van der Waals surface area contributed by atoms with E-state index in [2.05, 4.69) is 36.0 Å². The van der Waals surface area contributed by atoms with E-state index in [1.165, 1.54) is 5.56 Å². The lowest BCUT2D eigenvalue weighted by atomic mass is 9.70. The van der Waals surface area contributed by atoms with Crippen LogP contribution in [0.25, 0.3) is 11.1 Å². The van der Waals surface area contributed by atoms with Crippen molar-refractivity contribution in [1.29, 1.82) is 0 Å². The van der Waals surface area contributed by atoms with Gasteiger partial charge in [0.1, 0.15) is 36.6 Å². The molecular weight excluding hydrogens is 510 g/mol. The van der Waals surface area contributed by atoms with Crippen molar-refractivity contribution in [3.05, 3.63) is 58.7 Å². The van der Waals surface area contributed by atoms with Crippen LogP contribution in [0.4, 0.5) is 0 Å². The fraction of sp³-hybridized carbons (Fsp3) is 0.469. The summed E-state index contributed by atoms with van der Waals surface area (Å²) in [6, 6.07) is 12.1. The molecule has 8 nitrogen and oxygen atoms in total. The number of likely N-dealkylation sites (tertiary alicyclic amines) is 1. The molecule has 2 aromatic rings. The second-order valence-electron chi connectivity index (χ2n) is 11.1. The molecule has 1 spiro atoms. The van der Waals surface area contributed by atoms with E-state index in [0.717, 1.165) is 47.9 Å². The summed E-state index contributed by atoms with van der Waals surface area (Å²) in [7, 11) is 0. The van der Waals surface area contributed by atoms with Gasteiger partial charge in [-0.05, 0) is 72.2 Å². The fourth-order valence-electron chi connectivity index (χ4n) is 6.66. The van der Waals surface area contributed by atoms with Gasteiger partial charge in [-0.1, -0.05) is 29.9 Å². The number of hydrogen-bond acceptors (Lipinski definition) is 7. The van der Waals surface area contributed by atoms with Gasteiger partial charge in [-0.3, -0.25) is 4.79 Å². The molecule has 6 atom stereocenters. The van der Waals surface area contributed by atoms with Gasteiger partial charge in [-0.25, -0.2) is 0 Å². The number of aliphatic hydroxyl groups excluding tert-OH is 4. The molecule has 1 aliphatic carbocycles. The van der Waals surface area contributed by atoms with Crippen molar-refractivity contribution in [3.8, 4) is 35.3 Å². The molecule has 4 N–H and O–H groups in total. The number of hydrogen-bond donors (Lipinski definition) is 4. The third-order valence-electron chi connectivity index (χ3n) is 8.91. The second-order valence-corrected chi connectivity index (χ2v) is 11.1. The van der Waals surface area contributed by atoms with Crippen LogP contribution in [-0.4, -0.2) is 94.2 Å². The Morgan fingerprint density at radius 2 is 1.68 bits per heavy atom. The largest absolute Gasteiger partial charge is 0.394 e. The average molecular weight is 544 g/mol. The highest BCUT2D eigenvalue weighted by atomic mass is 16.5. The molecule has 8 heteroatoms. The zero-order chi connectivity index (χ0) is 28.0. The molecule has 40 heavy (non-hydrogen) atoms. The Bertz CT molecular complexity index is 1400. The maximum absolute atomic E-state index is 13.1. The number of terminal acetylenes is 1. The third-order valence-corrected chi connectivity index (χ3v) is 8.91.